The summed E-state index contributed by atoms with van der Waals surface area (Å²) in [6, 6.07) is 6.24. The van der Waals surface area contributed by atoms with E-state index >= 15 is 0 Å². The van der Waals surface area contributed by atoms with Gasteiger partial charge in [-0.2, -0.15) is 0 Å². The first-order valence-corrected chi connectivity index (χ1v) is 6.07. The molecule has 0 aromatic heterocycles. The molecule has 0 saturated carbocycles. The van der Waals surface area contributed by atoms with Crippen LogP contribution in [0.3, 0.4) is 0 Å². The van der Waals surface area contributed by atoms with Gasteiger partial charge in [-0.05, 0) is 23.1 Å². The molecule has 1 heterocycles. The SMILES string of the molecule is CC1CNc2ccc(C(C)(C)C)cc2NC1=O. The van der Waals surface area contributed by atoms with Crippen LogP contribution in [0, 0.1) is 5.92 Å². The quantitative estimate of drug-likeness (QED) is 0.722. The van der Waals surface area contributed by atoms with Crippen LogP contribution in [0.1, 0.15) is 33.3 Å². The normalized spacial score (nSPS) is 20.0. The third-order valence-electron chi connectivity index (χ3n) is 3.19. The summed E-state index contributed by atoms with van der Waals surface area (Å²) in [4.78, 5) is 11.8. The lowest BCUT2D eigenvalue weighted by atomic mass is 9.86. The smallest absolute Gasteiger partial charge is 0.229 e. The molecule has 17 heavy (non-hydrogen) atoms. The molecule has 0 bridgehead atoms. The van der Waals surface area contributed by atoms with Crippen molar-refractivity contribution in [1.29, 1.82) is 0 Å². The standard InChI is InChI=1S/C14H20N2O/c1-9-8-15-11-6-5-10(14(2,3)4)7-12(11)16-13(9)17/h5-7,9,15H,8H2,1-4H3,(H,16,17). The minimum Gasteiger partial charge on any atom is -0.383 e. The average Bonchev–Trinajstić information content (AvgIpc) is 2.37. The van der Waals surface area contributed by atoms with Crippen LogP contribution in [-0.2, 0) is 10.2 Å². The molecule has 1 unspecified atom stereocenters. The summed E-state index contributed by atoms with van der Waals surface area (Å²) in [6.45, 7) is 9.13. The van der Waals surface area contributed by atoms with E-state index in [1.807, 2.05) is 13.0 Å². The van der Waals surface area contributed by atoms with Crippen molar-refractivity contribution in [3.63, 3.8) is 0 Å². The summed E-state index contributed by atoms with van der Waals surface area (Å²) in [5.74, 6) is 0.0859. The van der Waals surface area contributed by atoms with Gasteiger partial charge in [0, 0.05) is 6.54 Å². The van der Waals surface area contributed by atoms with E-state index in [9.17, 15) is 4.79 Å². The Labute approximate surface area is 103 Å². The zero-order chi connectivity index (χ0) is 12.6. The number of benzene rings is 1. The predicted molar refractivity (Wildman–Crippen MR) is 71.4 cm³/mol. The highest BCUT2D eigenvalue weighted by Gasteiger charge is 2.21. The van der Waals surface area contributed by atoms with E-state index in [0.29, 0.717) is 6.54 Å². The number of carbonyl (C=O) groups is 1. The summed E-state index contributed by atoms with van der Waals surface area (Å²) < 4.78 is 0. The van der Waals surface area contributed by atoms with Gasteiger partial charge in [-0.3, -0.25) is 4.79 Å². The highest BCUT2D eigenvalue weighted by molar-refractivity contribution is 5.97. The highest BCUT2D eigenvalue weighted by atomic mass is 16.1. The van der Waals surface area contributed by atoms with Gasteiger partial charge in [0.2, 0.25) is 5.91 Å². The van der Waals surface area contributed by atoms with Gasteiger partial charge in [0.25, 0.3) is 0 Å². The van der Waals surface area contributed by atoms with E-state index in [0.717, 1.165) is 11.4 Å². The van der Waals surface area contributed by atoms with Gasteiger partial charge in [0.05, 0.1) is 17.3 Å². The minimum absolute atomic E-state index is 0.000451. The van der Waals surface area contributed by atoms with Gasteiger partial charge in [0.1, 0.15) is 0 Å². The van der Waals surface area contributed by atoms with Crippen LogP contribution in [0.15, 0.2) is 18.2 Å². The maximum absolute atomic E-state index is 11.8. The van der Waals surface area contributed by atoms with Gasteiger partial charge in [-0.15, -0.1) is 0 Å². The van der Waals surface area contributed by atoms with E-state index < -0.39 is 0 Å². The lowest BCUT2D eigenvalue weighted by Gasteiger charge is -2.21. The van der Waals surface area contributed by atoms with Crippen LogP contribution in [0.2, 0.25) is 0 Å². The van der Waals surface area contributed by atoms with Crippen LogP contribution < -0.4 is 10.6 Å². The molecule has 3 nitrogen and oxygen atoms in total. The summed E-state index contributed by atoms with van der Waals surface area (Å²) in [6.07, 6.45) is 0. The molecule has 1 amide bonds. The first-order valence-electron chi connectivity index (χ1n) is 6.07. The van der Waals surface area contributed by atoms with Crippen molar-refractivity contribution in [2.45, 2.75) is 33.1 Å². The molecule has 2 N–H and O–H groups in total. The highest BCUT2D eigenvalue weighted by Crippen LogP contribution is 2.31. The molecule has 1 aliphatic heterocycles. The second-order valence-electron chi connectivity index (χ2n) is 5.78. The molecule has 2 rings (SSSR count). The van der Waals surface area contributed by atoms with Crippen molar-refractivity contribution in [1.82, 2.24) is 0 Å². The molecule has 1 aliphatic rings. The van der Waals surface area contributed by atoms with Crippen LogP contribution in [0.25, 0.3) is 0 Å². The van der Waals surface area contributed by atoms with Gasteiger partial charge >= 0.3 is 0 Å². The molecule has 0 radical (unpaired) electrons. The van der Waals surface area contributed by atoms with Crippen LogP contribution in [-0.4, -0.2) is 12.5 Å². The van der Waals surface area contributed by atoms with Crippen molar-refractivity contribution in [3.8, 4) is 0 Å². The summed E-state index contributed by atoms with van der Waals surface area (Å²) in [5, 5.41) is 6.28. The lowest BCUT2D eigenvalue weighted by Crippen LogP contribution is -2.22. The van der Waals surface area contributed by atoms with Crippen LogP contribution >= 0.6 is 0 Å². The van der Waals surface area contributed by atoms with E-state index in [4.69, 9.17) is 0 Å². The van der Waals surface area contributed by atoms with Crippen LogP contribution in [0.4, 0.5) is 11.4 Å². The number of amides is 1. The van der Waals surface area contributed by atoms with Crippen molar-refractivity contribution < 1.29 is 4.79 Å². The molecule has 92 valence electrons. The molecular formula is C14H20N2O. The molecule has 1 aromatic rings. The Bertz CT molecular complexity index is 446. The third-order valence-corrected chi connectivity index (χ3v) is 3.19. The number of anilines is 2. The van der Waals surface area contributed by atoms with E-state index in [1.54, 1.807) is 0 Å². The number of nitrogens with one attached hydrogen (secondary N) is 2. The fraction of sp³-hybridized carbons (Fsp3) is 0.500. The molecule has 0 aliphatic carbocycles. The predicted octanol–water partition coefficient (Wildman–Crippen LogP) is 2.98. The molecule has 0 fully saturated rings. The number of hydrogen-bond acceptors (Lipinski definition) is 2. The Hall–Kier alpha value is -1.51. The Morgan fingerprint density at radius 2 is 1.94 bits per heavy atom. The maximum atomic E-state index is 11.8. The molecule has 3 heteroatoms. The summed E-state index contributed by atoms with van der Waals surface area (Å²) in [7, 11) is 0. The van der Waals surface area contributed by atoms with Gasteiger partial charge in [0.15, 0.2) is 0 Å². The number of carbonyl (C=O) groups excluding carboxylic acids is 1. The maximum Gasteiger partial charge on any atom is 0.229 e. The Balaban J connectivity index is 2.39. The topological polar surface area (TPSA) is 41.1 Å². The van der Waals surface area contributed by atoms with E-state index in [1.165, 1.54) is 5.56 Å². The Kier molecular flexibility index (Phi) is 2.86. The molecule has 0 spiro atoms. The van der Waals surface area contributed by atoms with Gasteiger partial charge in [-0.25, -0.2) is 0 Å². The first-order chi connectivity index (χ1) is 7.88. The van der Waals surface area contributed by atoms with Gasteiger partial charge in [-0.1, -0.05) is 33.8 Å². The number of hydrogen-bond donors (Lipinski definition) is 2. The number of rotatable bonds is 0. The van der Waals surface area contributed by atoms with Gasteiger partial charge < -0.3 is 10.6 Å². The molecular weight excluding hydrogens is 212 g/mol. The van der Waals surface area contributed by atoms with Crippen LogP contribution in [0.5, 0.6) is 0 Å². The van der Waals surface area contributed by atoms with E-state index in [-0.39, 0.29) is 17.2 Å². The minimum atomic E-state index is 0.000451. The van der Waals surface area contributed by atoms with E-state index in [2.05, 4.69) is 43.5 Å². The Morgan fingerprint density at radius 3 is 2.59 bits per heavy atom. The van der Waals surface area contributed by atoms with Crippen molar-refractivity contribution >= 4 is 17.3 Å². The molecule has 1 aromatic carbocycles. The molecule has 0 saturated heterocycles. The number of fused-ring (bicyclic) bond motifs is 1. The second kappa shape index (κ2) is 4.06. The third kappa shape index (κ3) is 2.43. The second-order valence-corrected chi connectivity index (χ2v) is 5.78. The van der Waals surface area contributed by atoms with Crippen molar-refractivity contribution in [2.75, 3.05) is 17.2 Å². The molecule has 1 atom stereocenters. The average molecular weight is 232 g/mol. The zero-order valence-corrected chi connectivity index (χ0v) is 10.9. The van der Waals surface area contributed by atoms with Crippen molar-refractivity contribution in [3.05, 3.63) is 23.8 Å². The lowest BCUT2D eigenvalue weighted by molar-refractivity contribution is -0.118. The monoisotopic (exact) mass is 232 g/mol. The fourth-order valence-electron chi connectivity index (χ4n) is 1.88. The van der Waals surface area contributed by atoms with Crippen molar-refractivity contribution in [2.24, 2.45) is 5.92 Å². The summed E-state index contributed by atoms with van der Waals surface area (Å²) >= 11 is 0. The zero-order valence-electron chi connectivity index (χ0n) is 10.9. The fourth-order valence-corrected chi connectivity index (χ4v) is 1.88. The first kappa shape index (κ1) is 12.0. The summed E-state index contributed by atoms with van der Waals surface area (Å²) in [5.41, 5.74) is 3.23. The Morgan fingerprint density at radius 1 is 1.24 bits per heavy atom. The largest absolute Gasteiger partial charge is 0.383 e.